The lowest BCUT2D eigenvalue weighted by atomic mass is 9.94. The Labute approximate surface area is 85.4 Å². The Morgan fingerprint density at radius 2 is 2.21 bits per heavy atom. The quantitative estimate of drug-likeness (QED) is 0.716. The van der Waals surface area contributed by atoms with Gasteiger partial charge in [0.15, 0.2) is 0 Å². The lowest BCUT2D eigenvalue weighted by Gasteiger charge is -2.11. The van der Waals surface area contributed by atoms with E-state index in [1.807, 2.05) is 32.0 Å². The maximum absolute atomic E-state index is 11.7. The van der Waals surface area contributed by atoms with Gasteiger partial charge in [0.1, 0.15) is 5.78 Å². The molecule has 0 aliphatic carbocycles. The van der Waals surface area contributed by atoms with E-state index in [2.05, 4.69) is 4.98 Å². The Kier molecular flexibility index (Phi) is 4.30. The second kappa shape index (κ2) is 5.53. The highest BCUT2D eigenvalue weighted by Gasteiger charge is 2.18. The van der Waals surface area contributed by atoms with Crippen LogP contribution in [0.25, 0.3) is 0 Å². The summed E-state index contributed by atoms with van der Waals surface area (Å²) in [5.74, 6) is 0.310. The number of nitrogens with zero attached hydrogens (tertiary/aromatic N) is 1. The molecule has 0 aliphatic heterocycles. The summed E-state index contributed by atoms with van der Waals surface area (Å²) >= 11 is 0. The first kappa shape index (κ1) is 10.9. The van der Waals surface area contributed by atoms with Crippen molar-refractivity contribution in [2.45, 2.75) is 39.0 Å². The largest absolute Gasteiger partial charge is 0.299 e. The number of ketones is 1. The molecule has 0 radical (unpaired) electrons. The maximum atomic E-state index is 11.7. The molecule has 2 heteroatoms. The molecule has 0 aliphatic rings. The van der Waals surface area contributed by atoms with E-state index < -0.39 is 0 Å². The van der Waals surface area contributed by atoms with E-state index in [0.717, 1.165) is 18.5 Å². The summed E-state index contributed by atoms with van der Waals surface area (Å²) < 4.78 is 0. The second-order valence-corrected chi connectivity index (χ2v) is 3.43. The zero-order valence-electron chi connectivity index (χ0n) is 8.86. The third-order valence-corrected chi connectivity index (χ3v) is 2.34. The van der Waals surface area contributed by atoms with E-state index in [4.69, 9.17) is 0 Å². The highest BCUT2D eigenvalue weighted by Crippen LogP contribution is 2.19. The van der Waals surface area contributed by atoms with E-state index in [1.165, 1.54) is 0 Å². The molecule has 2 nitrogen and oxygen atoms in total. The van der Waals surface area contributed by atoms with Gasteiger partial charge in [-0.15, -0.1) is 0 Å². The van der Waals surface area contributed by atoms with E-state index >= 15 is 0 Å². The first-order valence-corrected chi connectivity index (χ1v) is 5.23. The molecular weight excluding hydrogens is 174 g/mol. The number of pyridine rings is 1. The number of carbonyl (C=O) groups is 1. The first-order chi connectivity index (χ1) is 6.79. The highest BCUT2D eigenvalue weighted by molar-refractivity contribution is 5.85. The van der Waals surface area contributed by atoms with Gasteiger partial charge in [-0.2, -0.15) is 0 Å². The topological polar surface area (TPSA) is 30.0 Å². The molecule has 76 valence electrons. The summed E-state index contributed by atoms with van der Waals surface area (Å²) in [6.07, 6.45) is 4.17. The Balaban J connectivity index is 2.77. The van der Waals surface area contributed by atoms with Gasteiger partial charge in [-0.25, -0.2) is 0 Å². The van der Waals surface area contributed by atoms with Crippen molar-refractivity contribution in [3.63, 3.8) is 0 Å². The van der Waals surface area contributed by atoms with Crippen molar-refractivity contribution in [3.05, 3.63) is 30.1 Å². The van der Waals surface area contributed by atoms with Gasteiger partial charge in [-0.3, -0.25) is 9.78 Å². The zero-order chi connectivity index (χ0) is 10.4. The molecule has 0 N–H and O–H groups in total. The standard InChI is InChI=1S/C12H17NO/c1-3-7-12(14)10(4-2)11-8-5-6-9-13-11/h5-6,8-10H,3-4,7H2,1-2H3. The Hall–Kier alpha value is -1.18. The van der Waals surface area contributed by atoms with Gasteiger partial charge >= 0.3 is 0 Å². The van der Waals surface area contributed by atoms with Crippen LogP contribution in [0.5, 0.6) is 0 Å². The summed E-state index contributed by atoms with van der Waals surface area (Å²) in [4.78, 5) is 16.0. The molecule has 1 aromatic heterocycles. The number of hydrogen-bond donors (Lipinski definition) is 0. The number of carbonyl (C=O) groups excluding carboxylic acids is 1. The molecule has 1 heterocycles. The summed E-state index contributed by atoms with van der Waals surface area (Å²) in [7, 11) is 0. The molecule has 0 saturated heterocycles. The van der Waals surface area contributed by atoms with Crippen LogP contribution in [0, 0.1) is 0 Å². The van der Waals surface area contributed by atoms with Gasteiger partial charge < -0.3 is 0 Å². The van der Waals surface area contributed by atoms with Crippen LogP contribution in [0.2, 0.25) is 0 Å². The Bertz CT molecular complexity index is 282. The molecule has 0 aromatic carbocycles. The van der Waals surface area contributed by atoms with Crippen molar-refractivity contribution in [2.24, 2.45) is 0 Å². The van der Waals surface area contributed by atoms with Gasteiger partial charge in [0.25, 0.3) is 0 Å². The van der Waals surface area contributed by atoms with Crippen LogP contribution in [0.4, 0.5) is 0 Å². The highest BCUT2D eigenvalue weighted by atomic mass is 16.1. The normalized spacial score (nSPS) is 12.4. The average Bonchev–Trinajstić information content (AvgIpc) is 2.21. The smallest absolute Gasteiger partial charge is 0.141 e. The van der Waals surface area contributed by atoms with Gasteiger partial charge in [0.2, 0.25) is 0 Å². The van der Waals surface area contributed by atoms with Gasteiger partial charge in [0.05, 0.1) is 11.6 Å². The van der Waals surface area contributed by atoms with Crippen molar-refractivity contribution in [1.82, 2.24) is 4.98 Å². The van der Waals surface area contributed by atoms with Crippen molar-refractivity contribution in [2.75, 3.05) is 0 Å². The third kappa shape index (κ3) is 2.66. The Morgan fingerprint density at radius 3 is 2.71 bits per heavy atom. The molecular formula is C12H17NO. The Morgan fingerprint density at radius 1 is 1.43 bits per heavy atom. The lowest BCUT2D eigenvalue weighted by Crippen LogP contribution is -2.12. The summed E-state index contributed by atoms with van der Waals surface area (Å²) in [6.45, 7) is 4.07. The number of aromatic nitrogens is 1. The maximum Gasteiger partial charge on any atom is 0.141 e. The molecule has 0 amide bonds. The van der Waals surface area contributed by atoms with Crippen molar-refractivity contribution in [1.29, 1.82) is 0 Å². The second-order valence-electron chi connectivity index (χ2n) is 3.43. The van der Waals surface area contributed by atoms with Crippen LogP contribution in [-0.2, 0) is 4.79 Å². The summed E-state index contributed by atoms with van der Waals surface area (Å²) in [5, 5.41) is 0. The molecule has 1 unspecified atom stereocenters. The van der Waals surface area contributed by atoms with Crippen LogP contribution >= 0.6 is 0 Å². The summed E-state index contributed by atoms with van der Waals surface area (Å²) in [6, 6.07) is 5.74. The fourth-order valence-electron chi connectivity index (χ4n) is 1.60. The average molecular weight is 191 g/mol. The molecule has 0 spiro atoms. The predicted octanol–water partition coefficient (Wildman–Crippen LogP) is 2.94. The molecule has 14 heavy (non-hydrogen) atoms. The number of hydrogen-bond acceptors (Lipinski definition) is 2. The van der Waals surface area contributed by atoms with Gasteiger partial charge in [0, 0.05) is 12.6 Å². The summed E-state index contributed by atoms with van der Waals surface area (Å²) in [5.41, 5.74) is 0.911. The van der Waals surface area contributed by atoms with E-state index in [0.29, 0.717) is 12.2 Å². The number of rotatable bonds is 5. The molecule has 0 saturated carbocycles. The van der Waals surface area contributed by atoms with E-state index in [9.17, 15) is 4.79 Å². The van der Waals surface area contributed by atoms with Crippen molar-refractivity contribution < 1.29 is 4.79 Å². The molecule has 1 aromatic rings. The minimum atomic E-state index is -0.00356. The van der Waals surface area contributed by atoms with Crippen LogP contribution < -0.4 is 0 Å². The van der Waals surface area contributed by atoms with Crippen molar-refractivity contribution in [3.8, 4) is 0 Å². The van der Waals surface area contributed by atoms with Crippen molar-refractivity contribution >= 4 is 5.78 Å². The minimum Gasteiger partial charge on any atom is -0.299 e. The van der Waals surface area contributed by atoms with Crippen LogP contribution in [0.15, 0.2) is 24.4 Å². The fourth-order valence-corrected chi connectivity index (χ4v) is 1.60. The van der Waals surface area contributed by atoms with Crippen LogP contribution in [-0.4, -0.2) is 10.8 Å². The van der Waals surface area contributed by atoms with Crippen LogP contribution in [0.1, 0.15) is 44.7 Å². The van der Waals surface area contributed by atoms with Gasteiger partial charge in [-0.1, -0.05) is 19.9 Å². The third-order valence-electron chi connectivity index (χ3n) is 2.34. The molecule has 1 atom stereocenters. The molecule has 0 bridgehead atoms. The van der Waals surface area contributed by atoms with E-state index in [-0.39, 0.29) is 5.92 Å². The minimum absolute atomic E-state index is 0.00356. The fraction of sp³-hybridized carbons (Fsp3) is 0.500. The predicted molar refractivity (Wildman–Crippen MR) is 57.2 cm³/mol. The number of Topliss-reactive ketones (excluding diaryl/α,β-unsaturated/α-hetero) is 1. The van der Waals surface area contributed by atoms with Crippen LogP contribution in [0.3, 0.4) is 0 Å². The van der Waals surface area contributed by atoms with Gasteiger partial charge in [-0.05, 0) is 25.0 Å². The SMILES string of the molecule is CCCC(=O)C(CC)c1ccccn1. The van der Waals surface area contributed by atoms with E-state index in [1.54, 1.807) is 6.20 Å². The molecule has 0 fully saturated rings. The monoisotopic (exact) mass is 191 g/mol. The lowest BCUT2D eigenvalue weighted by molar-refractivity contribution is -0.120. The first-order valence-electron chi connectivity index (χ1n) is 5.23. The zero-order valence-corrected chi connectivity index (χ0v) is 8.86. The molecule has 1 rings (SSSR count).